The summed E-state index contributed by atoms with van der Waals surface area (Å²) in [5, 5.41) is 19.5. The van der Waals surface area contributed by atoms with Gasteiger partial charge in [-0.05, 0) is 18.5 Å². The standard InChI is InChI=1S/C10H11NO5/c1-16-8-4-2-7(3-5-10(12)13)9(6-8)11(14)15/h2,4,6H,3,5H2,1H3,(H,12,13)/i3D2. The summed E-state index contributed by atoms with van der Waals surface area (Å²) >= 11 is 0. The molecule has 0 saturated heterocycles. The molecule has 6 nitrogen and oxygen atoms in total. The first kappa shape index (κ1) is 9.14. The van der Waals surface area contributed by atoms with Gasteiger partial charge in [0, 0.05) is 14.7 Å². The molecule has 0 unspecified atom stereocenters. The molecule has 1 aromatic carbocycles. The molecule has 1 rings (SSSR count). The van der Waals surface area contributed by atoms with Crippen LogP contribution in [0.1, 0.15) is 14.7 Å². The molecule has 16 heavy (non-hydrogen) atoms. The normalized spacial score (nSPS) is 12.6. The highest BCUT2D eigenvalue weighted by Gasteiger charge is 2.15. The molecular weight excluding hydrogens is 214 g/mol. The van der Waals surface area contributed by atoms with Crippen molar-refractivity contribution in [2.75, 3.05) is 7.11 Å². The highest BCUT2D eigenvalue weighted by Crippen LogP contribution is 2.25. The van der Waals surface area contributed by atoms with Crippen molar-refractivity contribution in [3.8, 4) is 5.75 Å². The minimum absolute atomic E-state index is 0.205. The van der Waals surface area contributed by atoms with Gasteiger partial charge in [0.25, 0.3) is 5.69 Å². The summed E-state index contributed by atoms with van der Waals surface area (Å²) in [5.41, 5.74) is -0.781. The average molecular weight is 227 g/mol. The molecule has 0 aromatic heterocycles. The van der Waals surface area contributed by atoms with Gasteiger partial charge in [0.05, 0.1) is 18.1 Å². The Bertz CT molecular complexity index is 489. The van der Waals surface area contributed by atoms with Crippen LogP contribution in [-0.4, -0.2) is 23.1 Å². The number of aliphatic carboxylic acids is 1. The smallest absolute Gasteiger partial charge is 0.303 e. The molecule has 6 heteroatoms. The Kier molecular flexibility index (Phi) is 2.92. The van der Waals surface area contributed by atoms with Crippen molar-refractivity contribution in [3.63, 3.8) is 0 Å². The van der Waals surface area contributed by atoms with E-state index in [-0.39, 0.29) is 11.3 Å². The van der Waals surface area contributed by atoms with Crippen molar-refractivity contribution in [1.29, 1.82) is 0 Å². The molecule has 0 fully saturated rings. The summed E-state index contributed by atoms with van der Waals surface area (Å²) in [7, 11) is 1.32. The lowest BCUT2D eigenvalue weighted by atomic mass is 10.1. The van der Waals surface area contributed by atoms with E-state index in [4.69, 9.17) is 12.6 Å². The summed E-state index contributed by atoms with van der Waals surface area (Å²) in [6.45, 7) is 0. The largest absolute Gasteiger partial charge is 0.497 e. The second kappa shape index (κ2) is 5.11. The number of rotatable bonds is 5. The molecule has 0 amide bonds. The van der Waals surface area contributed by atoms with Gasteiger partial charge in [-0.3, -0.25) is 14.9 Å². The lowest BCUT2D eigenvalue weighted by molar-refractivity contribution is -0.385. The maximum atomic E-state index is 10.9. The fraction of sp³-hybridized carbons (Fsp3) is 0.300. The second-order valence-electron chi connectivity index (χ2n) is 2.89. The van der Waals surface area contributed by atoms with Gasteiger partial charge in [-0.25, -0.2) is 0 Å². The lowest BCUT2D eigenvalue weighted by Crippen LogP contribution is -2.01. The van der Waals surface area contributed by atoms with Crippen LogP contribution in [-0.2, 0) is 11.2 Å². The highest BCUT2D eigenvalue weighted by atomic mass is 16.6. The van der Waals surface area contributed by atoms with Gasteiger partial charge in [-0.2, -0.15) is 0 Å². The number of nitro groups is 1. The van der Waals surface area contributed by atoms with Crippen molar-refractivity contribution in [2.24, 2.45) is 0 Å². The number of ether oxygens (including phenoxy) is 1. The number of carboxylic acid groups (broad SMARTS) is 1. The van der Waals surface area contributed by atoms with Gasteiger partial charge in [-0.1, -0.05) is 0 Å². The second-order valence-corrected chi connectivity index (χ2v) is 2.89. The van der Waals surface area contributed by atoms with Crippen LogP contribution in [0, 0.1) is 10.1 Å². The number of nitro benzene ring substituents is 1. The summed E-state index contributed by atoms with van der Waals surface area (Å²) in [4.78, 5) is 20.6. The number of methoxy groups -OCH3 is 1. The van der Waals surface area contributed by atoms with Crippen molar-refractivity contribution < 1.29 is 22.3 Å². The lowest BCUT2D eigenvalue weighted by Gasteiger charge is -2.04. The van der Waals surface area contributed by atoms with Crippen LogP contribution in [0.2, 0.25) is 0 Å². The van der Waals surface area contributed by atoms with E-state index in [0.717, 1.165) is 6.07 Å². The maximum Gasteiger partial charge on any atom is 0.303 e. The zero-order chi connectivity index (χ0) is 13.9. The van der Waals surface area contributed by atoms with Crippen LogP contribution in [0.3, 0.4) is 0 Å². The van der Waals surface area contributed by atoms with E-state index in [9.17, 15) is 14.9 Å². The third kappa shape index (κ3) is 2.94. The fourth-order valence-corrected chi connectivity index (χ4v) is 1.11. The number of benzene rings is 1. The molecule has 1 aromatic rings. The molecule has 0 radical (unpaired) electrons. The van der Waals surface area contributed by atoms with Crippen LogP contribution in [0.5, 0.6) is 5.75 Å². The number of carboxylic acids is 1. The Balaban J connectivity index is 3.30. The van der Waals surface area contributed by atoms with Crippen LogP contribution in [0.4, 0.5) is 5.69 Å². The Morgan fingerprint density at radius 3 is 2.88 bits per heavy atom. The SMILES string of the molecule is [2H]C([2H])(CC(=O)O)c1ccc(OC)cc1[N+](=O)[O-]. The number of nitrogens with zero attached hydrogens (tertiary/aromatic N) is 1. The minimum Gasteiger partial charge on any atom is -0.497 e. The van der Waals surface area contributed by atoms with Gasteiger partial charge < -0.3 is 9.84 Å². The summed E-state index contributed by atoms with van der Waals surface area (Å²) in [6.07, 6.45) is -3.17. The fourth-order valence-electron chi connectivity index (χ4n) is 1.11. The summed E-state index contributed by atoms with van der Waals surface area (Å²) in [5.74, 6) is -1.17. The van der Waals surface area contributed by atoms with E-state index in [1.165, 1.54) is 19.2 Å². The molecule has 0 atom stereocenters. The van der Waals surface area contributed by atoms with Crippen molar-refractivity contribution >= 4 is 11.7 Å². The summed E-state index contributed by atoms with van der Waals surface area (Å²) < 4.78 is 20.0. The molecule has 0 spiro atoms. The Hall–Kier alpha value is -2.11. The average Bonchev–Trinajstić information content (AvgIpc) is 2.26. The van der Waals surface area contributed by atoms with Gasteiger partial charge >= 0.3 is 5.97 Å². The maximum absolute atomic E-state index is 10.9. The highest BCUT2D eigenvalue weighted by molar-refractivity contribution is 5.67. The first-order valence-corrected chi connectivity index (χ1v) is 4.32. The van der Waals surface area contributed by atoms with E-state index in [0.29, 0.717) is 0 Å². The molecule has 0 aliphatic rings. The number of hydrogen-bond acceptors (Lipinski definition) is 4. The first-order valence-electron chi connectivity index (χ1n) is 5.32. The molecule has 86 valence electrons. The van der Waals surface area contributed by atoms with E-state index in [1.54, 1.807) is 0 Å². The quantitative estimate of drug-likeness (QED) is 0.609. The van der Waals surface area contributed by atoms with E-state index in [1.807, 2.05) is 0 Å². The van der Waals surface area contributed by atoms with Crippen molar-refractivity contribution in [1.82, 2.24) is 0 Å². The van der Waals surface area contributed by atoms with Crippen LogP contribution in [0.15, 0.2) is 18.2 Å². The zero-order valence-electron chi connectivity index (χ0n) is 10.5. The number of aryl methyl sites for hydroxylation is 1. The number of carbonyl (C=O) groups is 1. The van der Waals surface area contributed by atoms with Gasteiger partial charge in [0.15, 0.2) is 0 Å². The molecule has 0 bridgehead atoms. The molecular formula is C10H11NO5. The molecule has 0 aliphatic heterocycles. The Morgan fingerprint density at radius 2 is 2.38 bits per heavy atom. The molecule has 1 N–H and O–H groups in total. The third-order valence-electron chi connectivity index (χ3n) is 1.83. The predicted molar refractivity (Wildman–Crippen MR) is 55.6 cm³/mol. The van der Waals surface area contributed by atoms with Crippen LogP contribution < -0.4 is 4.74 Å². The van der Waals surface area contributed by atoms with Crippen molar-refractivity contribution in [2.45, 2.75) is 12.8 Å². The zero-order valence-corrected chi connectivity index (χ0v) is 8.47. The van der Waals surface area contributed by atoms with E-state index < -0.39 is 29.4 Å². The topological polar surface area (TPSA) is 89.7 Å². The Morgan fingerprint density at radius 1 is 1.69 bits per heavy atom. The Labute approximate surface area is 94.4 Å². The molecule has 0 aliphatic carbocycles. The van der Waals surface area contributed by atoms with Gasteiger partial charge in [-0.15, -0.1) is 0 Å². The molecule has 0 heterocycles. The van der Waals surface area contributed by atoms with E-state index >= 15 is 0 Å². The molecule has 0 saturated carbocycles. The van der Waals surface area contributed by atoms with Crippen LogP contribution in [0.25, 0.3) is 0 Å². The number of hydrogen-bond donors (Lipinski definition) is 1. The van der Waals surface area contributed by atoms with Gasteiger partial charge in [0.2, 0.25) is 0 Å². The predicted octanol–water partition coefficient (Wildman–Crippen LogP) is 1.62. The first-order chi connectivity index (χ1) is 8.27. The van der Waals surface area contributed by atoms with Crippen molar-refractivity contribution in [3.05, 3.63) is 33.9 Å². The van der Waals surface area contributed by atoms with E-state index in [2.05, 4.69) is 0 Å². The monoisotopic (exact) mass is 227 g/mol. The third-order valence-corrected chi connectivity index (χ3v) is 1.83. The van der Waals surface area contributed by atoms with Crippen LogP contribution >= 0.6 is 0 Å². The van der Waals surface area contributed by atoms with Gasteiger partial charge in [0.1, 0.15) is 5.75 Å². The minimum atomic E-state index is -2.32. The summed E-state index contributed by atoms with van der Waals surface area (Å²) in [6, 6.07) is 3.58.